The van der Waals surface area contributed by atoms with Gasteiger partial charge in [-0.1, -0.05) is 0 Å². The van der Waals surface area contributed by atoms with E-state index in [2.05, 4.69) is 4.98 Å². The molecule has 7 heteroatoms. The summed E-state index contributed by atoms with van der Waals surface area (Å²) in [5, 5.41) is 0. The fourth-order valence-electron chi connectivity index (χ4n) is 1.70. The number of aromatic nitrogens is 1. The van der Waals surface area contributed by atoms with Crippen molar-refractivity contribution in [1.29, 1.82) is 0 Å². The van der Waals surface area contributed by atoms with Gasteiger partial charge in [0.05, 0.1) is 12.1 Å². The largest absolute Gasteiger partial charge is 0.416 e. The molecule has 17 heavy (non-hydrogen) atoms. The molecule has 0 saturated carbocycles. The van der Waals surface area contributed by atoms with Crippen LogP contribution in [0.1, 0.15) is 12.0 Å². The summed E-state index contributed by atoms with van der Waals surface area (Å²) in [6, 6.07) is 1.61. The molecule has 2 rings (SSSR count). The zero-order chi connectivity index (χ0) is 12.7. The maximum absolute atomic E-state index is 12.9. The van der Waals surface area contributed by atoms with Gasteiger partial charge in [0.1, 0.15) is 5.82 Å². The van der Waals surface area contributed by atoms with Crippen LogP contribution in [0, 0.1) is 0 Å². The number of rotatable bonds is 1. The lowest BCUT2D eigenvalue weighted by atomic mass is 10.2. The standard InChI is InChI=1S/C10H9F5N2/c11-9(12)2-4-17(6-9)8-5-7(1-3-16-8)10(13,14)15/h1,3,5H,2,4,6H2. The highest BCUT2D eigenvalue weighted by molar-refractivity contribution is 5.43. The van der Waals surface area contributed by atoms with Crippen LogP contribution in [-0.4, -0.2) is 24.0 Å². The fraction of sp³-hybridized carbons (Fsp3) is 0.500. The van der Waals surface area contributed by atoms with Gasteiger partial charge in [-0.2, -0.15) is 13.2 Å². The zero-order valence-corrected chi connectivity index (χ0v) is 8.64. The van der Waals surface area contributed by atoms with Crippen molar-refractivity contribution in [3.05, 3.63) is 23.9 Å². The summed E-state index contributed by atoms with van der Waals surface area (Å²) in [5.74, 6) is -2.91. The lowest BCUT2D eigenvalue weighted by Crippen LogP contribution is -2.25. The van der Waals surface area contributed by atoms with Crippen LogP contribution in [0.5, 0.6) is 0 Å². The third kappa shape index (κ3) is 2.65. The van der Waals surface area contributed by atoms with Gasteiger partial charge >= 0.3 is 6.18 Å². The third-order valence-electron chi connectivity index (χ3n) is 2.57. The summed E-state index contributed by atoms with van der Waals surface area (Å²) in [6.45, 7) is -0.567. The van der Waals surface area contributed by atoms with Crippen molar-refractivity contribution in [2.45, 2.75) is 18.5 Å². The average molecular weight is 252 g/mol. The highest BCUT2D eigenvalue weighted by Gasteiger charge is 2.39. The van der Waals surface area contributed by atoms with Crippen LogP contribution in [0.25, 0.3) is 0 Å². The molecule has 1 aromatic rings. The molecule has 0 unspecified atom stereocenters. The topological polar surface area (TPSA) is 16.1 Å². The summed E-state index contributed by atoms with van der Waals surface area (Å²) in [5.41, 5.74) is -0.877. The van der Waals surface area contributed by atoms with Crippen molar-refractivity contribution in [3.63, 3.8) is 0 Å². The molecule has 0 bridgehead atoms. The van der Waals surface area contributed by atoms with E-state index in [1.54, 1.807) is 0 Å². The summed E-state index contributed by atoms with van der Waals surface area (Å²) >= 11 is 0. The normalized spacial score (nSPS) is 19.7. The van der Waals surface area contributed by atoms with Gasteiger partial charge < -0.3 is 4.90 Å². The van der Waals surface area contributed by atoms with E-state index in [1.165, 1.54) is 0 Å². The van der Waals surface area contributed by atoms with Crippen LogP contribution in [0.15, 0.2) is 18.3 Å². The molecule has 0 amide bonds. The van der Waals surface area contributed by atoms with E-state index in [0.717, 1.165) is 23.2 Å². The number of halogens is 5. The second-order valence-electron chi connectivity index (χ2n) is 3.93. The van der Waals surface area contributed by atoms with E-state index in [9.17, 15) is 22.0 Å². The molecule has 2 heterocycles. The maximum Gasteiger partial charge on any atom is 0.416 e. The molecule has 1 aromatic heterocycles. The number of alkyl halides is 5. The Morgan fingerprint density at radius 1 is 1.29 bits per heavy atom. The second kappa shape index (κ2) is 3.82. The second-order valence-corrected chi connectivity index (χ2v) is 3.93. The minimum Gasteiger partial charge on any atom is -0.350 e. The number of pyridine rings is 1. The van der Waals surface area contributed by atoms with E-state index in [1.807, 2.05) is 0 Å². The molecule has 94 valence electrons. The Hall–Kier alpha value is -1.40. The highest BCUT2D eigenvalue weighted by Crippen LogP contribution is 2.33. The van der Waals surface area contributed by atoms with Gasteiger partial charge in [-0.25, -0.2) is 13.8 Å². The molecule has 0 aromatic carbocycles. The van der Waals surface area contributed by atoms with Gasteiger partial charge in [-0.3, -0.25) is 0 Å². The average Bonchev–Trinajstić information content (AvgIpc) is 2.58. The van der Waals surface area contributed by atoms with Crippen LogP contribution in [0.3, 0.4) is 0 Å². The first-order chi connectivity index (χ1) is 7.78. The summed E-state index contributed by atoms with van der Waals surface area (Å²) in [4.78, 5) is 4.86. The SMILES string of the molecule is FC1(F)CCN(c2cc(C(F)(F)F)ccn2)C1. The quantitative estimate of drug-likeness (QED) is 0.714. The Kier molecular flexibility index (Phi) is 2.71. The van der Waals surface area contributed by atoms with Gasteiger partial charge in [-0.05, 0) is 12.1 Å². The Morgan fingerprint density at radius 3 is 2.53 bits per heavy atom. The van der Waals surface area contributed by atoms with E-state index >= 15 is 0 Å². The van der Waals surface area contributed by atoms with E-state index in [4.69, 9.17) is 0 Å². The number of hydrogen-bond donors (Lipinski definition) is 0. The van der Waals surface area contributed by atoms with Gasteiger partial charge in [0.2, 0.25) is 0 Å². The molecule has 0 radical (unpaired) electrons. The predicted molar refractivity (Wildman–Crippen MR) is 51.0 cm³/mol. The Bertz CT molecular complexity index is 415. The predicted octanol–water partition coefficient (Wildman–Crippen LogP) is 2.95. The van der Waals surface area contributed by atoms with Crippen molar-refractivity contribution in [2.75, 3.05) is 18.0 Å². The molecule has 0 spiro atoms. The minimum absolute atomic E-state index is 0.0152. The van der Waals surface area contributed by atoms with Gasteiger partial charge in [0.25, 0.3) is 5.92 Å². The molecule has 1 saturated heterocycles. The first-order valence-corrected chi connectivity index (χ1v) is 4.94. The highest BCUT2D eigenvalue weighted by atomic mass is 19.4. The van der Waals surface area contributed by atoms with Crippen molar-refractivity contribution in [2.24, 2.45) is 0 Å². The van der Waals surface area contributed by atoms with Gasteiger partial charge in [-0.15, -0.1) is 0 Å². The van der Waals surface area contributed by atoms with Gasteiger partial charge in [0.15, 0.2) is 0 Å². The molecule has 0 aliphatic carbocycles. The van der Waals surface area contributed by atoms with Crippen molar-refractivity contribution in [1.82, 2.24) is 4.98 Å². The summed E-state index contributed by atoms with van der Waals surface area (Å²) in [7, 11) is 0. The van der Waals surface area contributed by atoms with Crippen molar-refractivity contribution < 1.29 is 22.0 Å². The summed E-state index contributed by atoms with van der Waals surface area (Å²) < 4.78 is 63.1. The van der Waals surface area contributed by atoms with Crippen molar-refractivity contribution in [3.8, 4) is 0 Å². The number of hydrogen-bond acceptors (Lipinski definition) is 2. The Labute approximate surface area is 94.1 Å². The van der Waals surface area contributed by atoms with Gasteiger partial charge in [0, 0.05) is 19.2 Å². The monoisotopic (exact) mass is 252 g/mol. The van der Waals surface area contributed by atoms with E-state index < -0.39 is 24.2 Å². The van der Waals surface area contributed by atoms with E-state index in [-0.39, 0.29) is 18.8 Å². The van der Waals surface area contributed by atoms with Crippen LogP contribution in [0.2, 0.25) is 0 Å². The van der Waals surface area contributed by atoms with Crippen LogP contribution in [-0.2, 0) is 6.18 Å². The minimum atomic E-state index is -4.49. The van der Waals surface area contributed by atoms with Crippen molar-refractivity contribution >= 4 is 5.82 Å². The lowest BCUT2D eigenvalue weighted by molar-refractivity contribution is -0.137. The Morgan fingerprint density at radius 2 is 2.00 bits per heavy atom. The summed E-state index contributed by atoms with van der Waals surface area (Å²) in [6.07, 6.45) is -3.86. The molecule has 1 aliphatic heterocycles. The lowest BCUT2D eigenvalue weighted by Gasteiger charge is -2.18. The first-order valence-electron chi connectivity index (χ1n) is 4.94. The molecular formula is C10H9F5N2. The number of anilines is 1. The fourth-order valence-corrected chi connectivity index (χ4v) is 1.70. The number of nitrogens with zero attached hydrogens (tertiary/aromatic N) is 2. The Balaban J connectivity index is 2.23. The molecule has 0 N–H and O–H groups in total. The van der Waals surface area contributed by atoms with Crippen LogP contribution in [0.4, 0.5) is 27.8 Å². The molecule has 1 fully saturated rings. The molecular weight excluding hydrogens is 243 g/mol. The van der Waals surface area contributed by atoms with Crippen LogP contribution >= 0.6 is 0 Å². The molecule has 2 nitrogen and oxygen atoms in total. The third-order valence-corrected chi connectivity index (χ3v) is 2.57. The smallest absolute Gasteiger partial charge is 0.350 e. The molecule has 0 atom stereocenters. The van der Waals surface area contributed by atoms with Crippen LogP contribution < -0.4 is 4.90 Å². The zero-order valence-electron chi connectivity index (χ0n) is 8.64. The van der Waals surface area contributed by atoms with E-state index in [0.29, 0.717) is 0 Å². The molecule has 1 aliphatic rings. The maximum atomic E-state index is 12.9. The first kappa shape index (κ1) is 12.1.